The highest BCUT2D eigenvalue weighted by Crippen LogP contribution is 2.18. The first-order chi connectivity index (χ1) is 14.7. The number of carbonyl (C=O) groups excluding carboxylic acids is 2. The van der Waals surface area contributed by atoms with Gasteiger partial charge in [0.25, 0.3) is 0 Å². The standard InChI is InChI=1S/C19H21N7O2S2/c27-17(14-30-19-21-22-23-26(19)13-16-7-4-12-29-16)24-8-10-25(11-9-24)18(28)20-15-5-2-1-3-6-15/h1-7,12H,8-11,13-14H2,(H,20,28). The number of thiophene rings is 1. The molecule has 11 heteroatoms. The first-order valence-electron chi connectivity index (χ1n) is 9.49. The molecule has 4 rings (SSSR count). The zero-order valence-electron chi connectivity index (χ0n) is 16.2. The number of anilines is 1. The highest BCUT2D eigenvalue weighted by molar-refractivity contribution is 7.99. The Balaban J connectivity index is 1.23. The maximum Gasteiger partial charge on any atom is 0.321 e. The third-order valence-electron chi connectivity index (χ3n) is 4.65. The number of carbonyl (C=O) groups is 2. The van der Waals surface area contributed by atoms with Gasteiger partial charge in [-0.05, 0) is 34.0 Å². The Morgan fingerprint density at radius 1 is 1.03 bits per heavy atom. The lowest BCUT2D eigenvalue weighted by molar-refractivity contribution is -0.129. The lowest BCUT2D eigenvalue weighted by Crippen LogP contribution is -2.52. The Morgan fingerprint density at radius 2 is 1.80 bits per heavy atom. The molecule has 3 aromatic rings. The van der Waals surface area contributed by atoms with Crippen molar-refractivity contribution in [2.24, 2.45) is 0 Å². The fourth-order valence-corrected chi connectivity index (χ4v) is 4.52. The van der Waals surface area contributed by atoms with Crippen LogP contribution in [0.5, 0.6) is 0 Å². The van der Waals surface area contributed by atoms with Gasteiger partial charge in [0.15, 0.2) is 0 Å². The predicted molar refractivity (Wildman–Crippen MR) is 116 cm³/mol. The minimum absolute atomic E-state index is 0.0220. The van der Waals surface area contributed by atoms with Gasteiger partial charge < -0.3 is 15.1 Å². The summed E-state index contributed by atoms with van der Waals surface area (Å²) in [5, 5.41) is 17.3. The molecule has 3 amide bonds. The number of urea groups is 1. The van der Waals surface area contributed by atoms with Crippen molar-refractivity contribution in [1.29, 1.82) is 0 Å². The van der Waals surface area contributed by atoms with Gasteiger partial charge in [0.05, 0.1) is 12.3 Å². The average Bonchev–Trinajstić information content (AvgIpc) is 3.45. The Kier molecular flexibility index (Phi) is 6.60. The Morgan fingerprint density at radius 3 is 2.53 bits per heavy atom. The molecule has 1 fully saturated rings. The number of rotatable bonds is 6. The largest absolute Gasteiger partial charge is 0.338 e. The molecular weight excluding hydrogens is 422 g/mol. The minimum atomic E-state index is -0.143. The van der Waals surface area contributed by atoms with Crippen molar-refractivity contribution < 1.29 is 9.59 Å². The highest BCUT2D eigenvalue weighted by atomic mass is 32.2. The van der Waals surface area contributed by atoms with Gasteiger partial charge in [0.1, 0.15) is 0 Å². The molecule has 1 aromatic carbocycles. The van der Waals surface area contributed by atoms with E-state index in [-0.39, 0.29) is 17.7 Å². The number of amides is 3. The molecule has 0 spiro atoms. The smallest absolute Gasteiger partial charge is 0.321 e. The van der Waals surface area contributed by atoms with Crippen molar-refractivity contribution in [2.75, 3.05) is 37.2 Å². The lowest BCUT2D eigenvalue weighted by Gasteiger charge is -2.34. The number of para-hydroxylation sites is 1. The van der Waals surface area contributed by atoms with Gasteiger partial charge in [-0.1, -0.05) is 36.0 Å². The second-order valence-electron chi connectivity index (χ2n) is 6.65. The quantitative estimate of drug-likeness (QED) is 0.587. The fraction of sp³-hybridized carbons (Fsp3) is 0.316. The molecule has 1 aliphatic rings. The molecule has 0 radical (unpaired) electrons. The summed E-state index contributed by atoms with van der Waals surface area (Å²) in [5.74, 6) is 0.287. The number of aromatic nitrogens is 4. The van der Waals surface area contributed by atoms with Crippen LogP contribution in [0.2, 0.25) is 0 Å². The summed E-state index contributed by atoms with van der Waals surface area (Å²) in [5.41, 5.74) is 0.762. The van der Waals surface area contributed by atoms with E-state index in [2.05, 4.69) is 20.8 Å². The first-order valence-corrected chi connectivity index (χ1v) is 11.4. The molecule has 1 N–H and O–H groups in total. The molecule has 1 saturated heterocycles. The van der Waals surface area contributed by atoms with E-state index in [1.165, 1.54) is 11.8 Å². The summed E-state index contributed by atoms with van der Waals surface area (Å²) in [7, 11) is 0. The van der Waals surface area contributed by atoms with Crippen LogP contribution >= 0.6 is 23.1 Å². The summed E-state index contributed by atoms with van der Waals surface area (Å²) in [6, 6.07) is 13.2. The highest BCUT2D eigenvalue weighted by Gasteiger charge is 2.24. The number of nitrogens with zero attached hydrogens (tertiary/aromatic N) is 6. The van der Waals surface area contributed by atoms with Gasteiger partial charge in [0, 0.05) is 36.7 Å². The van der Waals surface area contributed by atoms with Gasteiger partial charge in [-0.15, -0.1) is 16.4 Å². The molecule has 0 bridgehead atoms. The maximum absolute atomic E-state index is 12.6. The summed E-state index contributed by atoms with van der Waals surface area (Å²) < 4.78 is 1.70. The number of tetrazole rings is 1. The molecule has 0 aliphatic carbocycles. The fourth-order valence-electron chi connectivity index (χ4n) is 3.05. The van der Waals surface area contributed by atoms with Gasteiger partial charge in [-0.3, -0.25) is 4.79 Å². The Bertz CT molecular complexity index is 970. The minimum Gasteiger partial charge on any atom is -0.338 e. The number of thioether (sulfide) groups is 1. The van der Waals surface area contributed by atoms with Gasteiger partial charge in [-0.25, -0.2) is 9.48 Å². The van der Waals surface area contributed by atoms with Crippen LogP contribution in [0.25, 0.3) is 0 Å². The van der Waals surface area contributed by atoms with Gasteiger partial charge >= 0.3 is 6.03 Å². The molecule has 156 valence electrons. The third kappa shape index (κ3) is 5.16. The van der Waals surface area contributed by atoms with E-state index >= 15 is 0 Å². The van der Waals surface area contributed by atoms with Crippen molar-refractivity contribution in [3.8, 4) is 0 Å². The summed E-state index contributed by atoms with van der Waals surface area (Å²) in [6.45, 7) is 2.64. The molecule has 0 saturated carbocycles. The van der Waals surface area contributed by atoms with Crippen LogP contribution in [0.15, 0.2) is 53.0 Å². The van der Waals surface area contributed by atoms with Crippen LogP contribution in [-0.2, 0) is 11.3 Å². The molecule has 0 unspecified atom stereocenters. The second-order valence-corrected chi connectivity index (χ2v) is 8.63. The second kappa shape index (κ2) is 9.72. The van der Waals surface area contributed by atoms with E-state index < -0.39 is 0 Å². The van der Waals surface area contributed by atoms with Crippen LogP contribution in [0.4, 0.5) is 10.5 Å². The predicted octanol–water partition coefficient (Wildman–Crippen LogP) is 2.25. The van der Waals surface area contributed by atoms with Gasteiger partial charge in [0.2, 0.25) is 11.1 Å². The van der Waals surface area contributed by atoms with Crippen LogP contribution in [0.1, 0.15) is 4.88 Å². The van der Waals surface area contributed by atoms with Crippen molar-refractivity contribution >= 4 is 40.7 Å². The Hall–Kier alpha value is -2.92. The van der Waals surface area contributed by atoms with Crippen LogP contribution in [0.3, 0.4) is 0 Å². The van der Waals surface area contributed by atoms with E-state index in [4.69, 9.17) is 0 Å². The van der Waals surface area contributed by atoms with Crippen LogP contribution in [-0.4, -0.2) is 73.9 Å². The number of nitrogens with one attached hydrogen (secondary N) is 1. The average molecular weight is 444 g/mol. The van der Waals surface area contributed by atoms with E-state index in [1.54, 1.807) is 25.8 Å². The van der Waals surface area contributed by atoms with Crippen molar-refractivity contribution in [1.82, 2.24) is 30.0 Å². The topological polar surface area (TPSA) is 96.2 Å². The molecule has 30 heavy (non-hydrogen) atoms. The van der Waals surface area contributed by atoms with Crippen molar-refractivity contribution in [3.63, 3.8) is 0 Å². The number of hydrogen-bond acceptors (Lipinski definition) is 7. The first kappa shape index (κ1) is 20.4. The summed E-state index contributed by atoms with van der Waals surface area (Å²) in [4.78, 5) is 29.6. The zero-order chi connectivity index (χ0) is 20.8. The van der Waals surface area contributed by atoms with Crippen LogP contribution in [0, 0.1) is 0 Å². The number of hydrogen-bond donors (Lipinski definition) is 1. The van der Waals surface area contributed by atoms with Crippen molar-refractivity contribution in [2.45, 2.75) is 11.7 Å². The summed E-state index contributed by atoms with van der Waals surface area (Å²) >= 11 is 2.98. The van der Waals surface area contributed by atoms with Gasteiger partial charge in [-0.2, -0.15) is 0 Å². The summed E-state index contributed by atoms with van der Waals surface area (Å²) in [6.07, 6.45) is 0. The SMILES string of the molecule is O=C(CSc1nnnn1Cc1cccs1)N1CCN(C(=O)Nc2ccccc2)CC1. The van der Waals surface area contributed by atoms with Crippen LogP contribution < -0.4 is 5.32 Å². The molecular formula is C19H21N7O2S2. The molecule has 0 atom stereocenters. The normalized spacial score (nSPS) is 14.0. The molecule has 2 aromatic heterocycles. The Labute approximate surface area is 182 Å². The third-order valence-corrected chi connectivity index (χ3v) is 6.46. The zero-order valence-corrected chi connectivity index (χ0v) is 17.8. The monoisotopic (exact) mass is 443 g/mol. The lowest BCUT2D eigenvalue weighted by atomic mass is 10.3. The van der Waals surface area contributed by atoms with E-state index in [0.717, 1.165) is 10.6 Å². The van der Waals surface area contributed by atoms with E-state index in [9.17, 15) is 9.59 Å². The molecule has 1 aliphatic heterocycles. The van der Waals surface area contributed by atoms with Crippen molar-refractivity contribution in [3.05, 3.63) is 52.7 Å². The molecule has 3 heterocycles. The molecule has 9 nitrogen and oxygen atoms in total. The number of benzene rings is 1. The van der Waals surface area contributed by atoms with E-state index in [0.29, 0.717) is 37.9 Å². The number of piperazine rings is 1. The maximum atomic E-state index is 12.6. The van der Waals surface area contributed by atoms with E-state index in [1.807, 2.05) is 47.8 Å².